The van der Waals surface area contributed by atoms with Crippen molar-refractivity contribution in [3.8, 4) is 0 Å². The Kier molecular flexibility index (Phi) is 6.21. The van der Waals surface area contributed by atoms with Crippen LogP contribution in [0.2, 0.25) is 0 Å². The number of carbonyl (C=O) groups excluding carboxylic acids is 2. The van der Waals surface area contributed by atoms with Crippen molar-refractivity contribution >= 4 is 11.9 Å². The molecule has 4 nitrogen and oxygen atoms in total. The van der Waals surface area contributed by atoms with Crippen molar-refractivity contribution in [2.45, 2.75) is 53.6 Å². The van der Waals surface area contributed by atoms with E-state index in [2.05, 4.69) is 0 Å². The minimum absolute atomic E-state index is 0.206. The topological polar surface area (TPSA) is 52.6 Å². The Balaban J connectivity index is 4.00. The van der Waals surface area contributed by atoms with Gasteiger partial charge in [-0.1, -0.05) is 27.7 Å². The molecule has 4 heteroatoms. The van der Waals surface area contributed by atoms with E-state index in [1.54, 1.807) is 0 Å². The maximum absolute atomic E-state index is 11.5. The van der Waals surface area contributed by atoms with E-state index in [1.807, 2.05) is 41.5 Å². The summed E-state index contributed by atoms with van der Waals surface area (Å²) in [5, 5.41) is 0. The second-order valence-corrected chi connectivity index (χ2v) is 5.49. The van der Waals surface area contributed by atoms with Gasteiger partial charge in [0.2, 0.25) is 0 Å². The third-order valence-electron chi connectivity index (χ3n) is 2.69. The Morgan fingerprint density at radius 1 is 1.06 bits per heavy atom. The van der Waals surface area contributed by atoms with Crippen LogP contribution in [0, 0.1) is 11.8 Å². The quantitative estimate of drug-likeness (QED) is 0.674. The molecule has 0 fully saturated rings. The Bertz CT molecular complexity index is 267. The van der Waals surface area contributed by atoms with Crippen molar-refractivity contribution in [1.29, 1.82) is 0 Å². The fourth-order valence-corrected chi connectivity index (χ4v) is 0.972. The highest BCUT2D eigenvalue weighted by Crippen LogP contribution is 2.20. The zero-order chi connectivity index (χ0) is 13.6. The summed E-state index contributed by atoms with van der Waals surface area (Å²) in [7, 11) is 0. The summed E-state index contributed by atoms with van der Waals surface area (Å²) in [6.07, 6.45) is 0.320. The predicted molar refractivity (Wildman–Crippen MR) is 65.4 cm³/mol. The minimum Gasteiger partial charge on any atom is -0.457 e. The number of esters is 2. The van der Waals surface area contributed by atoms with Gasteiger partial charge in [0, 0.05) is 6.42 Å². The first kappa shape index (κ1) is 15.9. The molecule has 0 unspecified atom stereocenters. The van der Waals surface area contributed by atoms with Gasteiger partial charge in [0.15, 0.2) is 6.61 Å². The highest BCUT2D eigenvalue weighted by molar-refractivity contribution is 5.76. The smallest absolute Gasteiger partial charge is 0.344 e. The highest BCUT2D eigenvalue weighted by atomic mass is 16.6. The molecule has 0 radical (unpaired) electrons. The third-order valence-corrected chi connectivity index (χ3v) is 2.69. The largest absolute Gasteiger partial charge is 0.457 e. The van der Waals surface area contributed by atoms with Crippen molar-refractivity contribution in [1.82, 2.24) is 0 Å². The fourth-order valence-electron chi connectivity index (χ4n) is 0.972. The zero-order valence-electron chi connectivity index (χ0n) is 11.7. The molecular weight excluding hydrogens is 220 g/mol. The van der Waals surface area contributed by atoms with E-state index in [0.717, 1.165) is 0 Å². The summed E-state index contributed by atoms with van der Waals surface area (Å²) in [6, 6.07) is 0. The van der Waals surface area contributed by atoms with Crippen molar-refractivity contribution in [3.63, 3.8) is 0 Å². The van der Waals surface area contributed by atoms with Crippen molar-refractivity contribution in [2.75, 3.05) is 6.61 Å². The molecule has 0 bridgehead atoms. The van der Waals surface area contributed by atoms with Crippen LogP contribution in [0.5, 0.6) is 0 Å². The lowest BCUT2D eigenvalue weighted by molar-refractivity contribution is -0.171. The van der Waals surface area contributed by atoms with Crippen LogP contribution < -0.4 is 0 Å². The lowest BCUT2D eigenvalue weighted by Crippen LogP contribution is -2.35. The Hall–Kier alpha value is -1.06. The molecule has 0 aromatic carbocycles. The molecule has 0 aliphatic carbocycles. The predicted octanol–water partition coefficient (Wildman–Crippen LogP) is 2.55. The van der Waals surface area contributed by atoms with E-state index >= 15 is 0 Å². The molecule has 0 amide bonds. The van der Waals surface area contributed by atoms with Gasteiger partial charge in [-0.15, -0.1) is 0 Å². The van der Waals surface area contributed by atoms with Crippen LogP contribution in [-0.4, -0.2) is 24.1 Å². The average Bonchev–Trinajstić information content (AvgIpc) is 2.12. The standard InChI is InChI=1S/C13H24O4/c1-9(2)7-11(14)16-8-12(15)17-13(5,6)10(3)4/h9-10H,7-8H2,1-6H3. The Labute approximate surface area is 104 Å². The first-order valence-electron chi connectivity index (χ1n) is 6.02. The maximum Gasteiger partial charge on any atom is 0.344 e. The maximum atomic E-state index is 11.5. The lowest BCUT2D eigenvalue weighted by atomic mass is 9.95. The molecule has 100 valence electrons. The molecule has 0 aliphatic rings. The molecule has 0 aromatic rings. The van der Waals surface area contributed by atoms with Crippen molar-refractivity contribution < 1.29 is 19.1 Å². The minimum atomic E-state index is -0.540. The summed E-state index contributed by atoms with van der Waals surface area (Å²) in [6.45, 7) is 11.2. The molecule has 0 heterocycles. The third kappa shape index (κ3) is 6.97. The first-order valence-corrected chi connectivity index (χ1v) is 6.02. The van der Waals surface area contributed by atoms with Gasteiger partial charge in [-0.3, -0.25) is 4.79 Å². The van der Waals surface area contributed by atoms with E-state index in [4.69, 9.17) is 9.47 Å². The molecule has 0 spiro atoms. The van der Waals surface area contributed by atoms with Gasteiger partial charge in [-0.05, 0) is 25.7 Å². The number of hydrogen-bond acceptors (Lipinski definition) is 4. The first-order chi connectivity index (χ1) is 7.65. The number of ether oxygens (including phenoxy) is 2. The Morgan fingerprint density at radius 2 is 1.59 bits per heavy atom. The fraction of sp³-hybridized carbons (Fsp3) is 0.846. The molecule has 0 N–H and O–H groups in total. The van der Waals surface area contributed by atoms with E-state index < -0.39 is 11.6 Å². The molecular formula is C13H24O4. The van der Waals surface area contributed by atoms with Crippen LogP contribution in [0.25, 0.3) is 0 Å². The second-order valence-electron chi connectivity index (χ2n) is 5.49. The van der Waals surface area contributed by atoms with E-state index in [0.29, 0.717) is 6.42 Å². The SMILES string of the molecule is CC(C)CC(=O)OCC(=O)OC(C)(C)C(C)C. The van der Waals surface area contributed by atoms with E-state index in [1.165, 1.54) is 0 Å². The van der Waals surface area contributed by atoms with Gasteiger partial charge < -0.3 is 9.47 Å². The van der Waals surface area contributed by atoms with Crippen molar-refractivity contribution in [2.24, 2.45) is 11.8 Å². The summed E-state index contributed by atoms with van der Waals surface area (Å²) in [5.74, 6) is -0.427. The van der Waals surface area contributed by atoms with Crippen LogP contribution in [0.3, 0.4) is 0 Å². The molecule has 0 atom stereocenters. The average molecular weight is 244 g/mol. The monoisotopic (exact) mass is 244 g/mol. The molecule has 0 aromatic heterocycles. The second kappa shape index (κ2) is 6.62. The highest BCUT2D eigenvalue weighted by Gasteiger charge is 2.27. The lowest BCUT2D eigenvalue weighted by Gasteiger charge is -2.29. The Morgan fingerprint density at radius 3 is 2.00 bits per heavy atom. The van der Waals surface area contributed by atoms with Gasteiger partial charge >= 0.3 is 11.9 Å². The van der Waals surface area contributed by atoms with E-state index in [9.17, 15) is 9.59 Å². The summed E-state index contributed by atoms with van der Waals surface area (Å²) in [4.78, 5) is 22.7. The van der Waals surface area contributed by atoms with E-state index in [-0.39, 0.29) is 24.4 Å². The zero-order valence-corrected chi connectivity index (χ0v) is 11.7. The molecule has 0 rings (SSSR count). The molecule has 0 saturated carbocycles. The summed E-state index contributed by atoms with van der Waals surface area (Å²) < 4.78 is 10.1. The normalized spacial score (nSPS) is 11.8. The van der Waals surface area contributed by atoms with Gasteiger partial charge in [-0.25, -0.2) is 4.79 Å². The number of rotatable bonds is 6. The van der Waals surface area contributed by atoms with Crippen LogP contribution in [-0.2, 0) is 19.1 Å². The van der Waals surface area contributed by atoms with Crippen LogP contribution in [0.4, 0.5) is 0 Å². The van der Waals surface area contributed by atoms with Gasteiger partial charge in [0.25, 0.3) is 0 Å². The molecule has 0 saturated heterocycles. The summed E-state index contributed by atoms with van der Waals surface area (Å²) in [5.41, 5.74) is -0.540. The van der Waals surface area contributed by atoms with Crippen LogP contribution in [0.1, 0.15) is 48.0 Å². The van der Waals surface area contributed by atoms with Gasteiger partial charge in [-0.2, -0.15) is 0 Å². The van der Waals surface area contributed by atoms with Gasteiger partial charge in [0.1, 0.15) is 5.60 Å². The number of hydrogen-bond donors (Lipinski definition) is 0. The summed E-state index contributed by atoms with van der Waals surface area (Å²) >= 11 is 0. The molecule has 17 heavy (non-hydrogen) atoms. The van der Waals surface area contributed by atoms with Crippen molar-refractivity contribution in [3.05, 3.63) is 0 Å². The van der Waals surface area contributed by atoms with Crippen LogP contribution in [0.15, 0.2) is 0 Å². The molecule has 0 aliphatic heterocycles. The van der Waals surface area contributed by atoms with Crippen LogP contribution >= 0.6 is 0 Å². The number of carbonyl (C=O) groups is 2. The van der Waals surface area contributed by atoms with Gasteiger partial charge in [0.05, 0.1) is 0 Å².